The van der Waals surface area contributed by atoms with Crippen LogP contribution in [0, 0.1) is 5.82 Å². The van der Waals surface area contributed by atoms with Crippen LogP contribution in [0.1, 0.15) is 19.4 Å². The minimum Gasteiger partial charge on any atom is -0.464 e. The van der Waals surface area contributed by atoms with Crippen LogP contribution in [-0.2, 0) is 15.1 Å². The van der Waals surface area contributed by atoms with Crippen LogP contribution in [0.2, 0.25) is 0 Å². The van der Waals surface area contributed by atoms with Crippen LogP contribution < -0.4 is 5.73 Å². The zero-order valence-electron chi connectivity index (χ0n) is 9.09. The third-order valence-corrected chi connectivity index (χ3v) is 2.85. The fraction of sp³-hybridized carbons (Fsp3) is 0.364. The van der Waals surface area contributed by atoms with Crippen molar-refractivity contribution in [2.24, 2.45) is 5.73 Å². The number of benzene rings is 1. The Morgan fingerprint density at radius 1 is 1.62 bits per heavy atom. The van der Waals surface area contributed by atoms with E-state index in [1.807, 2.05) is 0 Å². The van der Waals surface area contributed by atoms with E-state index in [4.69, 9.17) is 10.5 Å². The number of rotatable bonds is 3. The van der Waals surface area contributed by atoms with Crippen molar-refractivity contribution < 1.29 is 13.9 Å². The smallest absolute Gasteiger partial charge is 0.330 e. The monoisotopic (exact) mass is 289 g/mol. The van der Waals surface area contributed by atoms with Gasteiger partial charge in [-0.25, -0.2) is 9.18 Å². The van der Waals surface area contributed by atoms with Crippen LogP contribution >= 0.6 is 15.9 Å². The van der Waals surface area contributed by atoms with Gasteiger partial charge in [-0.05, 0) is 31.5 Å². The number of carbonyl (C=O) groups excluding carboxylic acids is 1. The molecule has 1 aromatic rings. The van der Waals surface area contributed by atoms with E-state index in [-0.39, 0.29) is 6.61 Å². The zero-order chi connectivity index (χ0) is 12.3. The van der Waals surface area contributed by atoms with Gasteiger partial charge in [0.1, 0.15) is 11.4 Å². The van der Waals surface area contributed by atoms with E-state index in [9.17, 15) is 9.18 Å². The van der Waals surface area contributed by atoms with Gasteiger partial charge in [-0.3, -0.25) is 0 Å². The highest BCUT2D eigenvalue weighted by atomic mass is 79.9. The summed E-state index contributed by atoms with van der Waals surface area (Å²) in [6, 6.07) is 3.99. The Kier molecular flexibility index (Phi) is 4.04. The second-order valence-corrected chi connectivity index (χ2v) is 4.40. The van der Waals surface area contributed by atoms with Crippen LogP contribution in [0.5, 0.6) is 0 Å². The summed E-state index contributed by atoms with van der Waals surface area (Å²) in [5.74, 6) is -0.933. The molecule has 1 unspecified atom stereocenters. The van der Waals surface area contributed by atoms with Crippen molar-refractivity contribution >= 4 is 21.9 Å². The van der Waals surface area contributed by atoms with Crippen LogP contribution in [0.4, 0.5) is 4.39 Å². The molecule has 0 fully saturated rings. The van der Waals surface area contributed by atoms with Crippen molar-refractivity contribution in [3.8, 4) is 0 Å². The lowest BCUT2D eigenvalue weighted by molar-refractivity contribution is -0.149. The number of carbonyl (C=O) groups is 1. The second-order valence-electron chi connectivity index (χ2n) is 3.55. The molecule has 1 rings (SSSR count). The Labute approximate surface area is 102 Å². The Morgan fingerprint density at radius 3 is 2.75 bits per heavy atom. The van der Waals surface area contributed by atoms with E-state index in [1.165, 1.54) is 25.1 Å². The zero-order valence-corrected chi connectivity index (χ0v) is 10.7. The highest BCUT2D eigenvalue weighted by molar-refractivity contribution is 9.10. The Balaban J connectivity index is 3.11. The minimum atomic E-state index is -1.29. The van der Waals surface area contributed by atoms with Crippen LogP contribution in [0.3, 0.4) is 0 Å². The third-order valence-electron chi connectivity index (χ3n) is 2.19. The van der Waals surface area contributed by atoms with Crippen molar-refractivity contribution in [3.63, 3.8) is 0 Å². The van der Waals surface area contributed by atoms with E-state index in [2.05, 4.69) is 15.9 Å². The lowest BCUT2D eigenvalue weighted by atomic mass is 9.93. The third kappa shape index (κ3) is 2.59. The number of halogens is 2. The molecule has 2 N–H and O–H groups in total. The van der Waals surface area contributed by atoms with Gasteiger partial charge in [-0.15, -0.1) is 0 Å². The fourth-order valence-corrected chi connectivity index (χ4v) is 2.06. The average molecular weight is 290 g/mol. The summed E-state index contributed by atoms with van der Waals surface area (Å²) in [5.41, 5.74) is 5.10. The maximum atomic E-state index is 12.9. The SMILES string of the molecule is CCOC(=O)C(C)(N)c1ccc(F)cc1Br. The van der Waals surface area contributed by atoms with Gasteiger partial charge in [0.05, 0.1) is 6.61 Å². The Bertz CT molecular complexity index is 407. The summed E-state index contributed by atoms with van der Waals surface area (Å²) in [4.78, 5) is 11.6. The largest absolute Gasteiger partial charge is 0.464 e. The quantitative estimate of drug-likeness (QED) is 0.869. The average Bonchev–Trinajstić information content (AvgIpc) is 2.17. The molecule has 1 atom stereocenters. The van der Waals surface area contributed by atoms with Crippen molar-refractivity contribution in [1.29, 1.82) is 0 Å². The summed E-state index contributed by atoms with van der Waals surface area (Å²) >= 11 is 3.17. The normalized spacial score (nSPS) is 14.3. The molecular weight excluding hydrogens is 277 g/mol. The summed E-state index contributed by atoms with van der Waals surface area (Å²) in [6.45, 7) is 3.49. The molecule has 1 aromatic carbocycles. The summed E-state index contributed by atoms with van der Waals surface area (Å²) in [5, 5.41) is 0. The van der Waals surface area contributed by atoms with Crippen molar-refractivity contribution in [1.82, 2.24) is 0 Å². The molecule has 88 valence electrons. The maximum absolute atomic E-state index is 12.9. The number of hydrogen-bond donors (Lipinski definition) is 1. The highest BCUT2D eigenvalue weighted by Crippen LogP contribution is 2.28. The molecule has 16 heavy (non-hydrogen) atoms. The molecule has 0 radical (unpaired) electrons. The molecule has 3 nitrogen and oxygen atoms in total. The predicted molar refractivity (Wildman–Crippen MR) is 62.3 cm³/mol. The van der Waals surface area contributed by atoms with Gasteiger partial charge in [-0.2, -0.15) is 0 Å². The lowest BCUT2D eigenvalue weighted by Crippen LogP contribution is -2.43. The molecule has 0 spiro atoms. The van der Waals surface area contributed by atoms with Gasteiger partial charge in [0.15, 0.2) is 0 Å². The Hall–Kier alpha value is -0.940. The molecule has 0 aromatic heterocycles. The second kappa shape index (κ2) is 4.93. The molecule has 0 aliphatic rings. The fourth-order valence-electron chi connectivity index (χ4n) is 1.30. The van der Waals surface area contributed by atoms with E-state index < -0.39 is 17.3 Å². The van der Waals surface area contributed by atoms with Gasteiger partial charge in [-0.1, -0.05) is 22.0 Å². The van der Waals surface area contributed by atoms with E-state index in [0.29, 0.717) is 10.0 Å². The van der Waals surface area contributed by atoms with E-state index in [1.54, 1.807) is 6.92 Å². The molecular formula is C11H13BrFNO2. The predicted octanol–water partition coefficient (Wildman–Crippen LogP) is 2.33. The molecule has 0 saturated carbocycles. The van der Waals surface area contributed by atoms with E-state index in [0.717, 1.165) is 0 Å². The summed E-state index contributed by atoms with van der Waals surface area (Å²) in [6.07, 6.45) is 0. The molecule has 0 bridgehead atoms. The van der Waals surface area contributed by atoms with Crippen LogP contribution in [0.25, 0.3) is 0 Å². The van der Waals surface area contributed by atoms with Gasteiger partial charge < -0.3 is 10.5 Å². The number of hydrogen-bond acceptors (Lipinski definition) is 3. The first-order chi connectivity index (χ1) is 7.39. The standard InChI is InChI=1S/C11H13BrFNO2/c1-3-16-10(15)11(2,14)8-5-4-7(13)6-9(8)12/h4-6H,3,14H2,1-2H3. The van der Waals surface area contributed by atoms with Crippen molar-refractivity contribution in [2.75, 3.05) is 6.61 Å². The minimum absolute atomic E-state index is 0.254. The lowest BCUT2D eigenvalue weighted by Gasteiger charge is -2.23. The molecule has 5 heteroatoms. The first kappa shape index (κ1) is 13.1. The summed E-state index contributed by atoms with van der Waals surface area (Å²) in [7, 11) is 0. The number of esters is 1. The first-order valence-electron chi connectivity index (χ1n) is 4.81. The molecule has 0 aliphatic heterocycles. The highest BCUT2D eigenvalue weighted by Gasteiger charge is 2.33. The number of ether oxygens (including phenoxy) is 1. The number of nitrogens with two attached hydrogens (primary N) is 1. The maximum Gasteiger partial charge on any atom is 0.330 e. The van der Waals surface area contributed by atoms with Gasteiger partial charge >= 0.3 is 5.97 Å². The van der Waals surface area contributed by atoms with Gasteiger partial charge in [0.25, 0.3) is 0 Å². The van der Waals surface area contributed by atoms with Crippen LogP contribution in [0.15, 0.2) is 22.7 Å². The van der Waals surface area contributed by atoms with Crippen LogP contribution in [-0.4, -0.2) is 12.6 Å². The topological polar surface area (TPSA) is 52.3 Å². The van der Waals surface area contributed by atoms with Gasteiger partial charge in [0.2, 0.25) is 0 Å². The van der Waals surface area contributed by atoms with E-state index >= 15 is 0 Å². The molecule has 0 amide bonds. The Morgan fingerprint density at radius 2 is 2.25 bits per heavy atom. The van der Waals surface area contributed by atoms with Gasteiger partial charge in [0, 0.05) is 4.47 Å². The molecule has 0 heterocycles. The molecule has 0 saturated heterocycles. The van der Waals surface area contributed by atoms with Crippen molar-refractivity contribution in [2.45, 2.75) is 19.4 Å². The summed E-state index contributed by atoms with van der Waals surface area (Å²) < 4.78 is 18.2. The molecule has 0 aliphatic carbocycles. The first-order valence-corrected chi connectivity index (χ1v) is 5.60. The van der Waals surface area contributed by atoms with Crippen molar-refractivity contribution in [3.05, 3.63) is 34.1 Å².